The van der Waals surface area contributed by atoms with E-state index >= 15 is 0 Å². The molecule has 1 heterocycles. The van der Waals surface area contributed by atoms with Gasteiger partial charge in [0.1, 0.15) is 11.3 Å². The zero-order valence-corrected chi connectivity index (χ0v) is 12.9. The first kappa shape index (κ1) is 15.1. The Morgan fingerprint density at radius 2 is 2.00 bits per heavy atom. The molecule has 3 aromatic rings. The Morgan fingerprint density at radius 3 is 2.74 bits per heavy atom. The number of fused-ring (bicyclic) bond motifs is 3. The summed E-state index contributed by atoms with van der Waals surface area (Å²) in [6.07, 6.45) is -0.0950. The molecule has 0 saturated heterocycles. The van der Waals surface area contributed by atoms with E-state index in [1.165, 1.54) is 0 Å². The molecule has 1 aromatic heterocycles. The standard InChI is InChI=1S/C18H16O5/c1-3-22-16(19)10-12-9-11-7-8-13-14(17(11)23-18(12)20)5-4-6-15(13)21-2/h4-9H,3,10H2,1-2H3. The number of methoxy groups -OCH3 is 1. The average Bonchev–Trinajstić information content (AvgIpc) is 2.55. The zero-order chi connectivity index (χ0) is 16.4. The van der Waals surface area contributed by atoms with Crippen molar-refractivity contribution in [1.29, 1.82) is 0 Å². The van der Waals surface area contributed by atoms with Crippen LogP contribution in [0.25, 0.3) is 21.7 Å². The number of benzene rings is 2. The van der Waals surface area contributed by atoms with Crippen LogP contribution in [-0.2, 0) is 16.0 Å². The molecule has 0 aliphatic rings. The maximum Gasteiger partial charge on any atom is 0.340 e. The number of ether oxygens (including phenoxy) is 2. The number of esters is 1. The van der Waals surface area contributed by atoms with Gasteiger partial charge < -0.3 is 13.9 Å². The Balaban J connectivity index is 2.17. The first-order valence-corrected chi connectivity index (χ1v) is 7.32. The predicted octanol–water partition coefficient (Wildman–Crippen LogP) is 3.06. The Labute approximate surface area is 132 Å². The van der Waals surface area contributed by atoms with Crippen LogP contribution >= 0.6 is 0 Å². The third-order valence-corrected chi connectivity index (χ3v) is 3.65. The lowest BCUT2D eigenvalue weighted by molar-refractivity contribution is -0.142. The van der Waals surface area contributed by atoms with Crippen molar-refractivity contribution in [2.24, 2.45) is 0 Å². The molecule has 0 saturated carbocycles. The van der Waals surface area contributed by atoms with E-state index in [0.717, 1.165) is 16.2 Å². The highest BCUT2D eigenvalue weighted by Crippen LogP contribution is 2.31. The van der Waals surface area contributed by atoms with Crippen molar-refractivity contribution in [3.05, 3.63) is 52.4 Å². The lowest BCUT2D eigenvalue weighted by Crippen LogP contribution is -2.15. The van der Waals surface area contributed by atoms with Gasteiger partial charge in [0.2, 0.25) is 0 Å². The van der Waals surface area contributed by atoms with Gasteiger partial charge in [0, 0.05) is 21.7 Å². The Kier molecular flexibility index (Phi) is 4.02. The van der Waals surface area contributed by atoms with Gasteiger partial charge in [-0.2, -0.15) is 0 Å². The van der Waals surface area contributed by atoms with Gasteiger partial charge in [-0.3, -0.25) is 4.79 Å². The summed E-state index contributed by atoms with van der Waals surface area (Å²) >= 11 is 0. The van der Waals surface area contributed by atoms with Crippen LogP contribution in [-0.4, -0.2) is 19.7 Å². The van der Waals surface area contributed by atoms with Crippen LogP contribution in [0.2, 0.25) is 0 Å². The van der Waals surface area contributed by atoms with Crippen molar-refractivity contribution in [3.8, 4) is 5.75 Å². The Morgan fingerprint density at radius 1 is 1.17 bits per heavy atom. The van der Waals surface area contributed by atoms with E-state index in [9.17, 15) is 9.59 Å². The molecule has 5 heteroatoms. The SMILES string of the molecule is CCOC(=O)Cc1cc2ccc3c(OC)cccc3c2oc1=O. The second-order valence-electron chi connectivity index (χ2n) is 5.08. The van der Waals surface area contributed by atoms with Crippen molar-refractivity contribution < 1.29 is 18.7 Å². The molecule has 0 unspecified atom stereocenters. The van der Waals surface area contributed by atoms with Crippen LogP contribution in [0.3, 0.4) is 0 Å². The van der Waals surface area contributed by atoms with Crippen molar-refractivity contribution in [2.45, 2.75) is 13.3 Å². The molecule has 2 aromatic carbocycles. The van der Waals surface area contributed by atoms with Crippen molar-refractivity contribution in [2.75, 3.05) is 13.7 Å². The van der Waals surface area contributed by atoms with E-state index in [2.05, 4.69) is 0 Å². The molecule has 0 amide bonds. The second kappa shape index (κ2) is 6.12. The van der Waals surface area contributed by atoms with Crippen LogP contribution in [0.15, 0.2) is 45.6 Å². The third-order valence-electron chi connectivity index (χ3n) is 3.65. The van der Waals surface area contributed by atoms with Gasteiger partial charge in [0.25, 0.3) is 0 Å². The summed E-state index contributed by atoms with van der Waals surface area (Å²) in [6, 6.07) is 11.0. The minimum atomic E-state index is -0.527. The Bertz CT molecular complexity index is 939. The van der Waals surface area contributed by atoms with Crippen LogP contribution in [0, 0.1) is 0 Å². The van der Waals surface area contributed by atoms with Crippen LogP contribution in [0.1, 0.15) is 12.5 Å². The highest BCUT2D eigenvalue weighted by Gasteiger charge is 2.13. The van der Waals surface area contributed by atoms with E-state index in [4.69, 9.17) is 13.9 Å². The molecule has 0 bridgehead atoms. The highest BCUT2D eigenvalue weighted by atomic mass is 16.5. The number of hydrogen-bond donors (Lipinski definition) is 0. The molecule has 118 valence electrons. The smallest absolute Gasteiger partial charge is 0.340 e. The molecule has 0 aliphatic carbocycles. The molecule has 0 aliphatic heterocycles. The molecule has 0 N–H and O–H groups in total. The summed E-state index contributed by atoms with van der Waals surface area (Å²) < 4.78 is 15.7. The molecule has 3 rings (SSSR count). The van der Waals surface area contributed by atoms with E-state index in [0.29, 0.717) is 11.3 Å². The summed E-state index contributed by atoms with van der Waals surface area (Å²) in [5.41, 5.74) is 0.248. The lowest BCUT2D eigenvalue weighted by atomic mass is 10.0. The molecular formula is C18H16O5. The summed E-state index contributed by atoms with van der Waals surface area (Å²) in [5, 5.41) is 2.41. The quantitative estimate of drug-likeness (QED) is 0.421. The fourth-order valence-electron chi connectivity index (χ4n) is 2.62. The van der Waals surface area contributed by atoms with Crippen molar-refractivity contribution >= 4 is 27.7 Å². The summed E-state index contributed by atoms with van der Waals surface area (Å²) in [6.45, 7) is 2.00. The maximum atomic E-state index is 12.2. The number of carbonyl (C=O) groups is 1. The van der Waals surface area contributed by atoms with E-state index in [-0.39, 0.29) is 18.6 Å². The third kappa shape index (κ3) is 2.77. The average molecular weight is 312 g/mol. The van der Waals surface area contributed by atoms with Gasteiger partial charge in [-0.1, -0.05) is 18.2 Å². The van der Waals surface area contributed by atoms with Crippen LogP contribution in [0.4, 0.5) is 0 Å². The predicted molar refractivity (Wildman–Crippen MR) is 86.9 cm³/mol. The highest BCUT2D eigenvalue weighted by molar-refractivity contribution is 6.06. The first-order valence-electron chi connectivity index (χ1n) is 7.32. The minimum Gasteiger partial charge on any atom is -0.496 e. The molecule has 5 nitrogen and oxygen atoms in total. The Hall–Kier alpha value is -2.82. The van der Waals surface area contributed by atoms with Gasteiger partial charge in [-0.05, 0) is 25.1 Å². The summed E-state index contributed by atoms with van der Waals surface area (Å²) in [4.78, 5) is 23.7. The normalized spacial score (nSPS) is 10.9. The van der Waals surface area contributed by atoms with Crippen molar-refractivity contribution in [1.82, 2.24) is 0 Å². The molecule has 23 heavy (non-hydrogen) atoms. The van der Waals surface area contributed by atoms with Gasteiger partial charge in [-0.15, -0.1) is 0 Å². The fraction of sp³-hybridized carbons (Fsp3) is 0.222. The second-order valence-corrected chi connectivity index (χ2v) is 5.08. The maximum absolute atomic E-state index is 12.2. The van der Waals surface area contributed by atoms with Crippen molar-refractivity contribution in [3.63, 3.8) is 0 Å². The summed E-state index contributed by atoms with van der Waals surface area (Å²) in [5.74, 6) is 0.268. The van der Waals surface area contributed by atoms with Gasteiger partial charge >= 0.3 is 11.6 Å². The van der Waals surface area contributed by atoms with Crippen LogP contribution in [0.5, 0.6) is 5.75 Å². The van der Waals surface area contributed by atoms with E-state index in [1.54, 1.807) is 20.1 Å². The monoisotopic (exact) mass is 312 g/mol. The molecule has 0 atom stereocenters. The molecule has 0 radical (unpaired) electrons. The van der Waals surface area contributed by atoms with Gasteiger partial charge in [0.05, 0.1) is 20.1 Å². The van der Waals surface area contributed by atoms with Gasteiger partial charge in [0.15, 0.2) is 0 Å². The van der Waals surface area contributed by atoms with Crippen LogP contribution < -0.4 is 10.4 Å². The topological polar surface area (TPSA) is 65.7 Å². The number of hydrogen-bond acceptors (Lipinski definition) is 5. The molecule has 0 spiro atoms. The first-order chi connectivity index (χ1) is 11.1. The number of rotatable bonds is 4. The molecular weight excluding hydrogens is 296 g/mol. The largest absolute Gasteiger partial charge is 0.496 e. The van der Waals surface area contributed by atoms with Gasteiger partial charge in [-0.25, -0.2) is 4.79 Å². The number of carbonyl (C=O) groups excluding carboxylic acids is 1. The fourth-order valence-corrected chi connectivity index (χ4v) is 2.62. The van der Waals surface area contributed by atoms with E-state index < -0.39 is 11.6 Å². The molecule has 0 fully saturated rings. The zero-order valence-electron chi connectivity index (χ0n) is 12.9. The lowest BCUT2D eigenvalue weighted by Gasteiger charge is -2.08. The van der Waals surface area contributed by atoms with E-state index in [1.807, 2.05) is 30.3 Å². The minimum absolute atomic E-state index is 0.0950. The summed E-state index contributed by atoms with van der Waals surface area (Å²) in [7, 11) is 1.59.